The van der Waals surface area contributed by atoms with Gasteiger partial charge in [-0.05, 0) is 35.9 Å². The van der Waals surface area contributed by atoms with Crippen molar-refractivity contribution >= 4 is 16.8 Å². The van der Waals surface area contributed by atoms with E-state index in [1.54, 1.807) is 24.3 Å². The van der Waals surface area contributed by atoms with Gasteiger partial charge < -0.3 is 4.74 Å². The minimum absolute atomic E-state index is 0.0253. The van der Waals surface area contributed by atoms with E-state index in [1.807, 2.05) is 6.07 Å². The van der Waals surface area contributed by atoms with Crippen LogP contribution in [0.1, 0.15) is 10.4 Å². The molecule has 0 aromatic heterocycles. The van der Waals surface area contributed by atoms with Gasteiger partial charge in [-0.15, -0.1) is 0 Å². The Balaban J connectivity index is 2.34. The van der Waals surface area contributed by atoms with Crippen molar-refractivity contribution < 1.29 is 13.9 Å². The number of carbonyl (C=O) groups excluding carboxylic acids is 1. The Morgan fingerprint density at radius 1 is 1.06 bits per heavy atom. The van der Waals surface area contributed by atoms with Crippen LogP contribution in [0.3, 0.4) is 0 Å². The first-order chi connectivity index (χ1) is 8.18. The highest BCUT2D eigenvalue weighted by Gasteiger charge is 2.14. The second-order valence-electron chi connectivity index (χ2n) is 3.31. The summed E-state index contributed by atoms with van der Waals surface area (Å²) in [4.78, 5) is 10.9. The zero-order chi connectivity index (χ0) is 12.3. The molecule has 86 valence electrons. The second-order valence-corrected chi connectivity index (χ2v) is 3.65. The van der Waals surface area contributed by atoms with Crippen LogP contribution >= 0.6 is 11.6 Å². The minimum Gasteiger partial charge on any atom is -0.454 e. The highest BCUT2D eigenvalue weighted by atomic mass is 35.5. The number of para-hydroxylation sites is 1. The summed E-state index contributed by atoms with van der Waals surface area (Å²) in [5.74, 6) is -0.287. The quantitative estimate of drug-likeness (QED) is 0.770. The molecule has 0 N–H and O–H groups in total. The zero-order valence-electron chi connectivity index (χ0n) is 8.69. The third-order valence-corrected chi connectivity index (χ3v) is 2.35. The van der Waals surface area contributed by atoms with E-state index in [0.29, 0.717) is 5.75 Å². The Labute approximate surface area is 103 Å². The van der Waals surface area contributed by atoms with E-state index in [-0.39, 0.29) is 11.3 Å². The molecule has 0 aliphatic heterocycles. The van der Waals surface area contributed by atoms with Crippen molar-refractivity contribution in [3.63, 3.8) is 0 Å². The molecule has 2 aromatic carbocycles. The number of ether oxygens (including phenoxy) is 1. The smallest absolute Gasteiger partial charge is 0.255 e. The summed E-state index contributed by atoms with van der Waals surface area (Å²) in [5, 5.41) is -0.846. The van der Waals surface area contributed by atoms with Crippen molar-refractivity contribution in [3.8, 4) is 11.5 Å². The first kappa shape index (κ1) is 11.6. The monoisotopic (exact) mass is 250 g/mol. The number of hydrogen-bond donors (Lipinski definition) is 0. The van der Waals surface area contributed by atoms with Gasteiger partial charge in [-0.3, -0.25) is 4.79 Å². The number of benzene rings is 2. The van der Waals surface area contributed by atoms with E-state index < -0.39 is 11.1 Å². The highest BCUT2D eigenvalue weighted by molar-refractivity contribution is 6.67. The molecule has 0 aliphatic carbocycles. The van der Waals surface area contributed by atoms with Crippen LogP contribution in [0.4, 0.5) is 4.39 Å². The summed E-state index contributed by atoms with van der Waals surface area (Å²) in [6.45, 7) is 0. The lowest BCUT2D eigenvalue weighted by Crippen LogP contribution is -1.97. The third kappa shape index (κ3) is 2.63. The number of carbonyl (C=O) groups is 1. The Morgan fingerprint density at radius 3 is 2.41 bits per heavy atom. The van der Waals surface area contributed by atoms with Crippen LogP contribution < -0.4 is 4.74 Å². The van der Waals surface area contributed by atoms with Gasteiger partial charge in [0.25, 0.3) is 5.24 Å². The maximum Gasteiger partial charge on any atom is 0.255 e. The predicted molar refractivity (Wildman–Crippen MR) is 63.1 cm³/mol. The molecule has 0 fully saturated rings. The fourth-order valence-corrected chi connectivity index (χ4v) is 1.50. The van der Waals surface area contributed by atoms with E-state index in [0.717, 1.165) is 0 Å². The molecule has 17 heavy (non-hydrogen) atoms. The molecule has 0 bridgehead atoms. The first-order valence-corrected chi connectivity index (χ1v) is 5.27. The van der Waals surface area contributed by atoms with E-state index in [2.05, 4.69) is 0 Å². The van der Waals surface area contributed by atoms with Crippen molar-refractivity contribution in [2.45, 2.75) is 0 Å². The number of rotatable bonds is 3. The summed E-state index contributed by atoms with van der Waals surface area (Å²) in [7, 11) is 0. The molecule has 2 rings (SSSR count). The lowest BCUT2D eigenvalue weighted by molar-refractivity contribution is 0.107. The molecule has 0 heterocycles. The summed E-state index contributed by atoms with van der Waals surface area (Å²) in [6.07, 6.45) is 0. The van der Waals surface area contributed by atoms with Crippen LogP contribution in [-0.2, 0) is 0 Å². The largest absolute Gasteiger partial charge is 0.454 e. The zero-order valence-corrected chi connectivity index (χ0v) is 9.45. The molecule has 0 aliphatic rings. The molecule has 0 radical (unpaired) electrons. The average Bonchev–Trinajstić information content (AvgIpc) is 2.33. The molecule has 0 unspecified atom stereocenters. The van der Waals surface area contributed by atoms with Gasteiger partial charge in [0.15, 0.2) is 11.6 Å². The highest BCUT2D eigenvalue weighted by Crippen LogP contribution is 2.26. The maximum atomic E-state index is 13.8. The molecule has 0 saturated carbocycles. The van der Waals surface area contributed by atoms with E-state index in [1.165, 1.54) is 18.2 Å². The van der Waals surface area contributed by atoms with Crippen LogP contribution in [0.25, 0.3) is 0 Å². The van der Waals surface area contributed by atoms with E-state index in [4.69, 9.17) is 16.3 Å². The van der Waals surface area contributed by atoms with Crippen LogP contribution in [0, 0.1) is 5.82 Å². The van der Waals surface area contributed by atoms with Crippen molar-refractivity contribution in [1.29, 1.82) is 0 Å². The van der Waals surface area contributed by atoms with Crippen LogP contribution in [0.2, 0.25) is 0 Å². The van der Waals surface area contributed by atoms with Crippen LogP contribution in [-0.4, -0.2) is 5.24 Å². The molecule has 0 amide bonds. The fraction of sp³-hybridized carbons (Fsp3) is 0. The SMILES string of the molecule is O=C(Cl)c1cccc(Oc2ccccc2)c1F. The van der Waals surface area contributed by atoms with Gasteiger partial charge in [-0.2, -0.15) is 0 Å². The predicted octanol–water partition coefficient (Wildman–Crippen LogP) is 4.00. The molecule has 4 heteroatoms. The average molecular weight is 251 g/mol. The summed E-state index contributed by atoms with van der Waals surface area (Å²) >= 11 is 5.25. The van der Waals surface area contributed by atoms with E-state index >= 15 is 0 Å². The molecular formula is C13H8ClFO2. The summed E-state index contributed by atoms with van der Waals surface area (Å²) in [6, 6.07) is 13.0. The van der Waals surface area contributed by atoms with E-state index in [9.17, 15) is 9.18 Å². The molecular weight excluding hydrogens is 243 g/mol. The lowest BCUT2D eigenvalue weighted by atomic mass is 10.2. The van der Waals surface area contributed by atoms with Gasteiger partial charge in [0.2, 0.25) is 0 Å². The number of halogens is 2. The summed E-state index contributed by atoms with van der Waals surface area (Å²) in [5.41, 5.74) is -0.194. The minimum atomic E-state index is -0.846. The third-order valence-electron chi connectivity index (χ3n) is 2.15. The Kier molecular flexibility index (Phi) is 3.40. The van der Waals surface area contributed by atoms with Gasteiger partial charge in [0, 0.05) is 0 Å². The van der Waals surface area contributed by atoms with Gasteiger partial charge in [0.1, 0.15) is 5.75 Å². The van der Waals surface area contributed by atoms with Gasteiger partial charge in [0.05, 0.1) is 5.56 Å². The topological polar surface area (TPSA) is 26.3 Å². The first-order valence-electron chi connectivity index (χ1n) is 4.90. The maximum absolute atomic E-state index is 13.8. The Morgan fingerprint density at radius 2 is 1.76 bits per heavy atom. The Bertz CT molecular complexity index is 540. The van der Waals surface area contributed by atoms with Crippen molar-refractivity contribution in [2.75, 3.05) is 0 Å². The Hall–Kier alpha value is -1.87. The standard InChI is InChI=1S/C13H8ClFO2/c14-13(16)10-7-4-8-11(12(10)15)17-9-5-2-1-3-6-9/h1-8H. The van der Waals surface area contributed by atoms with Gasteiger partial charge in [-0.1, -0.05) is 24.3 Å². The molecule has 2 nitrogen and oxygen atoms in total. The summed E-state index contributed by atoms with van der Waals surface area (Å²) < 4.78 is 19.1. The molecule has 0 spiro atoms. The van der Waals surface area contributed by atoms with Gasteiger partial charge >= 0.3 is 0 Å². The van der Waals surface area contributed by atoms with Gasteiger partial charge in [-0.25, -0.2) is 4.39 Å². The lowest BCUT2D eigenvalue weighted by Gasteiger charge is -2.07. The molecule has 2 aromatic rings. The normalized spacial score (nSPS) is 10.0. The fourth-order valence-electron chi connectivity index (χ4n) is 1.36. The van der Waals surface area contributed by atoms with Crippen LogP contribution in [0.5, 0.6) is 11.5 Å². The van der Waals surface area contributed by atoms with Crippen molar-refractivity contribution in [2.24, 2.45) is 0 Å². The molecule has 0 saturated heterocycles. The molecule has 0 atom stereocenters. The number of hydrogen-bond acceptors (Lipinski definition) is 2. The van der Waals surface area contributed by atoms with Crippen LogP contribution in [0.15, 0.2) is 48.5 Å². The van der Waals surface area contributed by atoms with Crippen molar-refractivity contribution in [3.05, 3.63) is 59.9 Å². The second kappa shape index (κ2) is 4.97. The van der Waals surface area contributed by atoms with Crippen molar-refractivity contribution in [1.82, 2.24) is 0 Å².